The number of aliphatic hydroxyl groups excluding tert-OH is 1. The summed E-state index contributed by atoms with van der Waals surface area (Å²) in [6.45, 7) is 1.77. The first-order valence-corrected chi connectivity index (χ1v) is 5.97. The summed E-state index contributed by atoms with van der Waals surface area (Å²) in [5.74, 6) is 0.222. The second kappa shape index (κ2) is 9.11. The van der Waals surface area contributed by atoms with Gasteiger partial charge in [-0.3, -0.25) is 4.98 Å². The van der Waals surface area contributed by atoms with E-state index in [-0.39, 0.29) is 33.0 Å². The summed E-state index contributed by atoms with van der Waals surface area (Å²) < 4.78 is 0. The number of nitrogens with zero attached hydrogens (tertiary/aromatic N) is 1. The molecule has 5 N–H and O–H groups in total. The zero-order valence-corrected chi connectivity index (χ0v) is 14.6. The third kappa shape index (κ3) is 4.85. The molecule has 0 aliphatic carbocycles. The number of fused-ring (bicyclic) bond motifs is 1. The monoisotopic (exact) mass is 451 g/mol. The Morgan fingerprint density at radius 3 is 2.86 bits per heavy atom. The Balaban J connectivity index is 0.00000200. The molecule has 0 saturated carbocycles. The van der Waals surface area contributed by atoms with Gasteiger partial charge in [-0.05, 0) is 24.6 Å². The molecule has 0 bridgehead atoms. The zero-order chi connectivity index (χ0) is 13.7. The number of rotatable bonds is 3. The summed E-state index contributed by atoms with van der Waals surface area (Å²) >= 11 is 0. The van der Waals surface area contributed by atoms with Crippen molar-refractivity contribution in [3.05, 3.63) is 72.2 Å². The minimum Gasteiger partial charge on any atom is -0.693 e. The Labute approximate surface area is 138 Å². The standard InChI is InChI=1S/C16H15N2O.H2N.W/c1-2-13(19)7-3-4-8-14-15(17)10-9-12-6-5-11-18-16(12)14;;/h2-9,11,19H,17H2,1H3;1H2;/q2*-1;+2/b7-3-,8-4+,13-2-;;. The number of hydrogen-bond acceptors (Lipinski definition) is 3. The van der Waals surface area contributed by atoms with Crippen molar-refractivity contribution in [2.24, 2.45) is 0 Å². The molecule has 2 rings (SSSR count). The van der Waals surface area contributed by atoms with E-state index in [1.807, 2.05) is 30.4 Å². The number of aliphatic hydroxyl groups is 1. The van der Waals surface area contributed by atoms with Gasteiger partial charge < -0.3 is 17.0 Å². The first-order valence-electron chi connectivity index (χ1n) is 5.97. The van der Waals surface area contributed by atoms with Crippen LogP contribution >= 0.6 is 0 Å². The third-order valence-corrected chi connectivity index (χ3v) is 2.70. The van der Waals surface area contributed by atoms with E-state index in [1.54, 1.807) is 31.3 Å². The Kier molecular flexibility index (Phi) is 8.29. The summed E-state index contributed by atoms with van der Waals surface area (Å²) in [5, 5.41) is 10.3. The summed E-state index contributed by atoms with van der Waals surface area (Å²) in [7, 11) is 0. The number of pyridine rings is 1. The maximum absolute atomic E-state index is 9.28. The number of benzene rings is 1. The molecule has 1 aromatic heterocycles. The van der Waals surface area contributed by atoms with E-state index in [1.165, 1.54) is 0 Å². The number of allylic oxidation sites excluding steroid dienone is 4. The van der Waals surface area contributed by atoms with Gasteiger partial charge in [0, 0.05) is 6.20 Å². The van der Waals surface area contributed by atoms with Gasteiger partial charge in [0.2, 0.25) is 0 Å². The fraction of sp³-hybridized carbons (Fsp3) is 0.0625. The second-order valence-corrected chi connectivity index (χ2v) is 3.99. The summed E-state index contributed by atoms with van der Waals surface area (Å²) in [6.07, 6.45) is 10.4. The molecule has 1 aromatic carbocycles. The van der Waals surface area contributed by atoms with Crippen LogP contribution in [0.3, 0.4) is 0 Å². The molecular formula is C16H17N3OW. The minimum absolute atomic E-state index is 0. The van der Waals surface area contributed by atoms with Crippen molar-refractivity contribution >= 4 is 22.7 Å². The van der Waals surface area contributed by atoms with Crippen LogP contribution in [0, 0.1) is 6.07 Å². The van der Waals surface area contributed by atoms with E-state index >= 15 is 0 Å². The Morgan fingerprint density at radius 1 is 1.38 bits per heavy atom. The maximum Gasteiger partial charge on any atom is 2.00 e. The van der Waals surface area contributed by atoms with Gasteiger partial charge in [-0.15, -0.1) is 17.5 Å². The molecule has 21 heavy (non-hydrogen) atoms. The average Bonchev–Trinajstić information content (AvgIpc) is 2.45. The molecule has 0 aliphatic rings. The maximum atomic E-state index is 9.28. The van der Waals surface area contributed by atoms with Gasteiger partial charge in [-0.25, -0.2) is 0 Å². The fourth-order valence-electron chi connectivity index (χ4n) is 1.69. The van der Waals surface area contributed by atoms with Crippen molar-refractivity contribution in [2.75, 3.05) is 5.73 Å². The van der Waals surface area contributed by atoms with Crippen molar-refractivity contribution in [3.63, 3.8) is 0 Å². The third-order valence-electron chi connectivity index (χ3n) is 2.70. The van der Waals surface area contributed by atoms with Crippen LogP contribution < -0.4 is 5.73 Å². The van der Waals surface area contributed by atoms with E-state index in [4.69, 9.17) is 5.73 Å². The molecular weight excluding hydrogens is 434 g/mol. The summed E-state index contributed by atoms with van der Waals surface area (Å²) in [6, 6.07) is 8.68. The molecule has 108 valence electrons. The topological polar surface area (TPSA) is 92.6 Å². The smallest absolute Gasteiger partial charge is 0.693 e. The largest absolute Gasteiger partial charge is 2.00 e. The molecule has 0 aliphatic heterocycles. The van der Waals surface area contributed by atoms with Gasteiger partial charge in [0.15, 0.2) is 0 Å². The quantitative estimate of drug-likeness (QED) is 0.314. The van der Waals surface area contributed by atoms with Crippen LogP contribution in [-0.4, -0.2) is 10.1 Å². The zero-order valence-electron chi connectivity index (χ0n) is 11.7. The Hall–Kier alpha value is -1.90. The van der Waals surface area contributed by atoms with Crippen LogP contribution in [0.4, 0.5) is 5.69 Å². The van der Waals surface area contributed by atoms with Gasteiger partial charge in [0.05, 0.1) is 0 Å². The van der Waals surface area contributed by atoms with Crippen molar-refractivity contribution < 1.29 is 26.2 Å². The first kappa shape index (κ1) is 19.1. The van der Waals surface area contributed by atoms with E-state index in [0.29, 0.717) is 5.69 Å². The van der Waals surface area contributed by atoms with Crippen LogP contribution in [0.2, 0.25) is 0 Å². The molecule has 0 radical (unpaired) electrons. The van der Waals surface area contributed by atoms with Crippen LogP contribution in [0.15, 0.2) is 54.5 Å². The van der Waals surface area contributed by atoms with Gasteiger partial charge in [0.25, 0.3) is 0 Å². The van der Waals surface area contributed by atoms with Crippen molar-refractivity contribution in [3.8, 4) is 0 Å². The van der Waals surface area contributed by atoms with Crippen LogP contribution in [0.1, 0.15) is 12.5 Å². The minimum atomic E-state index is 0. The summed E-state index contributed by atoms with van der Waals surface area (Å²) in [5.41, 5.74) is 8.17. The van der Waals surface area contributed by atoms with Crippen molar-refractivity contribution in [2.45, 2.75) is 6.92 Å². The van der Waals surface area contributed by atoms with Crippen molar-refractivity contribution in [1.29, 1.82) is 0 Å². The Morgan fingerprint density at radius 2 is 2.14 bits per heavy atom. The normalized spacial score (nSPS) is 11.6. The molecule has 0 unspecified atom stereocenters. The van der Waals surface area contributed by atoms with Crippen molar-refractivity contribution in [1.82, 2.24) is 4.98 Å². The number of nitrogens with two attached hydrogens (primary N) is 2. The molecule has 0 amide bonds. The number of nitrogen functional groups attached to an aromatic ring is 1. The number of anilines is 1. The number of aromatic nitrogens is 1. The van der Waals surface area contributed by atoms with E-state index in [9.17, 15) is 5.11 Å². The van der Waals surface area contributed by atoms with E-state index in [2.05, 4.69) is 11.1 Å². The van der Waals surface area contributed by atoms with Gasteiger partial charge in [-0.1, -0.05) is 29.5 Å². The van der Waals surface area contributed by atoms with E-state index < -0.39 is 0 Å². The second-order valence-electron chi connectivity index (χ2n) is 3.99. The average molecular weight is 451 g/mol. The molecule has 4 nitrogen and oxygen atoms in total. The molecule has 0 fully saturated rings. The fourth-order valence-corrected chi connectivity index (χ4v) is 1.69. The van der Waals surface area contributed by atoms with Crippen LogP contribution in [0.5, 0.6) is 0 Å². The SMILES string of the molecule is C/C=C(O)/C=C\C=C\c1c(N)[c-]cc2cccnc12.[NH2-].[W+2]. The predicted octanol–water partition coefficient (Wildman–Crippen LogP) is 4.36. The number of hydrogen-bond donors (Lipinski definition) is 2. The predicted molar refractivity (Wildman–Crippen MR) is 84.8 cm³/mol. The molecule has 0 atom stereocenters. The van der Waals surface area contributed by atoms with E-state index in [0.717, 1.165) is 16.5 Å². The van der Waals surface area contributed by atoms with Gasteiger partial charge in [0.1, 0.15) is 5.76 Å². The molecule has 1 heterocycles. The van der Waals surface area contributed by atoms with Gasteiger partial charge in [-0.2, -0.15) is 12.1 Å². The van der Waals surface area contributed by atoms with Gasteiger partial charge >= 0.3 is 21.1 Å². The molecule has 2 aromatic rings. The molecule has 0 saturated heterocycles. The van der Waals surface area contributed by atoms with Crippen LogP contribution in [-0.2, 0) is 21.1 Å². The Bertz CT molecular complexity index is 678. The molecule has 0 spiro atoms. The summed E-state index contributed by atoms with van der Waals surface area (Å²) in [4.78, 5) is 4.34. The van der Waals surface area contributed by atoms with Crippen LogP contribution in [0.25, 0.3) is 23.1 Å². The molecule has 5 heteroatoms. The first-order chi connectivity index (χ1) is 9.22.